The molecule has 5 heteroatoms. The average molecular weight is 367 g/mol. The third-order valence-corrected chi connectivity index (χ3v) is 3.84. The first-order valence-electron chi connectivity index (χ1n) is 6.47. The lowest BCUT2D eigenvalue weighted by atomic mass is 10.1. The SMILES string of the molecule is CN(Cc1cccc(Br)c1)Cc1cc(C(N)=S)ccc1F. The van der Waals surface area contributed by atoms with Gasteiger partial charge in [0.05, 0.1) is 0 Å². The van der Waals surface area contributed by atoms with Crippen LogP contribution in [0.2, 0.25) is 0 Å². The molecule has 110 valence electrons. The van der Waals surface area contributed by atoms with Crippen LogP contribution in [0.15, 0.2) is 46.9 Å². The van der Waals surface area contributed by atoms with Crippen LogP contribution >= 0.6 is 28.1 Å². The van der Waals surface area contributed by atoms with E-state index in [4.69, 9.17) is 18.0 Å². The quantitative estimate of drug-likeness (QED) is 0.814. The van der Waals surface area contributed by atoms with Crippen LogP contribution in [0.25, 0.3) is 0 Å². The highest BCUT2D eigenvalue weighted by atomic mass is 79.9. The van der Waals surface area contributed by atoms with Crippen molar-refractivity contribution in [3.8, 4) is 0 Å². The summed E-state index contributed by atoms with van der Waals surface area (Å²) in [5.74, 6) is -0.240. The first kappa shape index (κ1) is 16.1. The Morgan fingerprint density at radius 2 is 2.00 bits per heavy atom. The molecule has 0 bridgehead atoms. The maximum absolute atomic E-state index is 13.9. The van der Waals surface area contributed by atoms with E-state index in [1.165, 1.54) is 6.07 Å². The summed E-state index contributed by atoms with van der Waals surface area (Å²) in [5.41, 5.74) is 8.05. The summed E-state index contributed by atoms with van der Waals surface area (Å²) in [6, 6.07) is 12.8. The van der Waals surface area contributed by atoms with E-state index in [1.807, 2.05) is 30.1 Å². The van der Waals surface area contributed by atoms with Crippen molar-refractivity contribution in [2.24, 2.45) is 5.73 Å². The largest absolute Gasteiger partial charge is 0.389 e. The molecule has 0 saturated carbocycles. The van der Waals surface area contributed by atoms with Gasteiger partial charge in [-0.1, -0.05) is 40.3 Å². The van der Waals surface area contributed by atoms with Crippen LogP contribution in [-0.4, -0.2) is 16.9 Å². The van der Waals surface area contributed by atoms with Gasteiger partial charge in [-0.3, -0.25) is 4.90 Å². The molecule has 0 radical (unpaired) electrons. The number of halogens is 2. The first-order valence-corrected chi connectivity index (χ1v) is 7.67. The van der Waals surface area contributed by atoms with Crippen molar-refractivity contribution in [2.45, 2.75) is 13.1 Å². The smallest absolute Gasteiger partial charge is 0.127 e. The summed E-state index contributed by atoms with van der Waals surface area (Å²) in [5, 5.41) is 0. The van der Waals surface area contributed by atoms with Crippen molar-refractivity contribution in [1.82, 2.24) is 4.90 Å². The molecule has 0 aliphatic rings. The molecule has 0 aliphatic heterocycles. The molecule has 0 aliphatic carbocycles. The maximum Gasteiger partial charge on any atom is 0.127 e. The number of hydrogen-bond acceptors (Lipinski definition) is 2. The normalized spacial score (nSPS) is 10.9. The third-order valence-electron chi connectivity index (χ3n) is 3.11. The van der Waals surface area contributed by atoms with Gasteiger partial charge < -0.3 is 5.73 Å². The van der Waals surface area contributed by atoms with Crippen LogP contribution in [0.1, 0.15) is 16.7 Å². The molecule has 0 amide bonds. The minimum Gasteiger partial charge on any atom is -0.389 e. The molecule has 0 unspecified atom stereocenters. The first-order chi connectivity index (χ1) is 9.95. The zero-order valence-electron chi connectivity index (χ0n) is 11.6. The summed E-state index contributed by atoms with van der Waals surface area (Å²) in [4.78, 5) is 2.33. The highest BCUT2D eigenvalue weighted by molar-refractivity contribution is 9.10. The zero-order chi connectivity index (χ0) is 15.4. The molecule has 2 aromatic carbocycles. The molecule has 0 fully saturated rings. The van der Waals surface area contributed by atoms with Crippen molar-refractivity contribution < 1.29 is 4.39 Å². The molecule has 0 heterocycles. The fraction of sp³-hybridized carbons (Fsp3) is 0.188. The number of thiocarbonyl (C=S) groups is 1. The summed E-state index contributed by atoms with van der Waals surface area (Å²) in [7, 11) is 1.95. The van der Waals surface area contributed by atoms with Crippen molar-refractivity contribution in [3.05, 3.63) is 69.4 Å². The van der Waals surface area contributed by atoms with E-state index < -0.39 is 0 Å². The lowest BCUT2D eigenvalue weighted by Crippen LogP contribution is -2.19. The molecule has 2 aromatic rings. The zero-order valence-corrected chi connectivity index (χ0v) is 14.0. The minimum absolute atomic E-state index is 0.240. The van der Waals surface area contributed by atoms with E-state index in [-0.39, 0.29) is 10.8 Å². The van der Waals surface area contributed by atoms with E-state index >= 15 is 0 Å². The van der Waals surface area contributed by atoms with Crippen molar-refractivity contribution in [2.75, 3.05) is 7.05 Å². The summed E-state index contributed by atoms with van der Waals surface area (Å²) in [6.07, 6.45) is 0. The predicted molar refractivity (Wildman–Crippen MR) is 91.6 cm³/mol. The number of hydrogen-bond donors (Lipinski definition) is 1. The number of nitrogens with zero attached hydrogens (tertiary/aromatic N) is 1. The number of benzene rings is 2. The Hall–Kier alpha value is -1.30. The Balaban J connectivity index is 2.10. The van der Waals surface area contributed by atoms with Crippen molar-refractivity contribution >= 4 is 33.1 Å². The Kier molecular flexibility index (Phi) is 5.45. The summed E-state index contributed by atoms with van der Waals surface area (Å²) < 4.78 is 14.9. The third kappa shape index (κ3) is 4.59. The van der Waals surface area contributed by atoms with E-state index in [0.717, 1.165) is 16.6 Å². The summed E-state index contributed by atoms with van der Waals surface area (Å²) in [6.45, 7) is 1.23. The van der Waals surface area contributed by atoms with Crippen LogP contribution < -0.4 is 5.73 Å². The van der Waals surface area contributed by atoms with Gasteiger partial charge in [-0.2, -0.15) is 0 Å². The number of nitrogens with two attached hydrogens (primary N) is 1. The van der Waals surface area contributed by atoms with Gasteiger partial charge in [-0.15, -0.1) is 0 Å². The van der Waals surface area contributed by atoms with Gasteiger partial charge in [0.25, 0.3) is 0 Å². The highest BCUT2D eigenvalue weighted by Gasteiger charge is 2.09. The molecular formula is C16H16BrFN2S. The second kappa shape index (κ2) is 7.11. The topological polar surface area (TPSA) is 29.3 Å². The van der Waals surface area contributed by atoms with Crippen LogP contribution in [0.5, 0.6) is 0 Å². The molecule has 0 spiro atoms. The van der Waals surface area contributed by atoms with Gasteiger partial charge in [0, 0.05) is 28.7 Å². The monoisotopic (exact) mass is 366 g/mol. The van der Waals surface area contributed by atoms with Gasteiger partial charge in [0.2, 0.25) is 0 Å². The molecular weight excluding hydrogens is 351 g/mol. The van der Waals surface area contributed by atoms with Crippen LogP contribution in [-0.2, 0) is 13.1 Å². The average Bonchev–Trinajstić information content (AvgIpc) is 2.41. The van der Waals surface area contributed by atoms with E-state index in [0.29, 0.717) is 17.7 Å². The standard InChI is InChI=1S/C16H16BrFN2S/c1-20(9-11-3-2-4-14(17)7-11)10-13-8-12(16(19)21)5-6-15(13)18/h2-8H,9-10H2,1H3,(H2,19,21). The molecule has 0 saturated heterocycles. The van der Waals surface area contributed by atoms with Gasteiger partial charge in [-0.25, -0.2) is 4.39 Å². The molecule has 0 aromatic heterocycles. The second-order valence-electron chi connectivity index (χ2n) is 4.97. The highest BCUT2D eigenvalue weighted by Crippen LogP contribution is 2.16. The van der Waals surface area contributed by atoms with Gasteiger partial charge in [-0.05, 0) is 42.9 Å². The van der Waals surface area contributed by atoms with Crippen LogP contribution in [0.3, 0.4) is 0 Å². The van der Waals surface area contributed by atoms with E-state index in [1.54, 1.807) is 12.1 Å². The maximum atomic E-state index is 13.9. The lowest BCUT2D eigenvalue weighted by Gasteiger charge is -2.18. The number of rotatable bonds is 5. The molecule has 2 rings (SSSR count). The van der Waals surface area contributed by atoms with E-state index in [9.17, 15) is 4.39 Å². The van der Waals surface area contributed by atoms with E-state index in [2.05, 4.69) is 22.0 Å². The predicted octanol–water partition coefficient (Wildman–Crippen LogP) is 3.85. The Labute approximate surface area is 137 Å². The molecule has 0 atom stereocenters. The van der Waals surface area contributed by atoms with Crippen LogP contribution in [0, 0.1) is 5.82 Å². The van der Waals surface area contributed by atoms with Gasteiger partial charge in [0.1, 0.15) is 10.8 Å². The second-order valence-corrected chi connectivity index (χ2v) is 6.33. The fourth-order valence-corrected chi connectivity index (χ4v) is 2.72. The van der Waals surface area contributed by atoms with Crippen LogP contribution in [0.4, 0.5) is 4.39 Å². The van der Waals surface area contributed by atoms with Crippen molar-refractivity contribution in [1.29, 1.82) is 0 Å². The summed E-state index contributed by atoms with van der Waals surface area (Å²) >= 11 is 8.38. The Morgan fingerprint density at radius 3 is 2.67 bits per heavy atom. The van der Waals surface area contributed by atoms with Gasteiger partial charge in [0.15, 0.2) is 0 Å². The van der Waals surface area contributed by atoms with Gasteiger partial charge >= 0.3 is 0 Å². The fourth-order valence-electron chi connectivity index (χ4n) is 2.14. The van der Waals surface area contributed by atoms with Crippen molar-refractivity contribution in [3.63, 3.8) is 0 Å². The molecule has 2 nitrogen and oxygen atoms in total. The molecule has 2 N–H and O–H groups in total. The Bertz CT molecular complexity index is 660. The molecule has 21 heavy (non-hydrogen) atoms. The minimum atomic E-state index is -0.240. The Morgan fingerprint density at radius 1 is 1.24 bits per heavy atom. The lowest BCUT2D eigenvalue weighted by molar-refractivity contribution is 0.313.